The minimum Gasteiger partial charge on any atom is -0.481 e. The molecule has 0 unspecified atom stereocenters. The van der Waals surface area contributed by atoms with Gasteiger partial charge < -0.3 is 10.0 Å². The van der Waals surface area contributed by atoms with E-state index in [2.05, 4.69) is 21.9 Å². The molecule has 2 rings (SSSR count). The zero-order valence-corrected chi connectivity index (χ0v) is 12.0. The second-order valence-electron chi connectivity index (χ2n) is 5.45. The largest absolute Gasteiger partial charge is 0.481 e. The summed E-state index contributed by atoms with van der Waals surface area (Å²) in [5.74, 6) is -0.718. The predicted octanol–water partition coefficient (Wildman–Crippen LogP) is 2.06. The molecule has 1 saturated heterocycles. The molecule has 110 valence electrons. The number of carboxylic acid groups (broad SMARTS) is 1. The summed E-state index contributed by atoms with van der Waals surface area (Å²) >= 11 is 0. The lowest BCUT2D eigenvalue weighted by Crippen LogP contribution is -2.34. The van der Waals surface area contributed by atoms with E-state index in [9.17, 15) is 4.79 Å². The molecule has 1 N–H and O–H groups in total. The number of likely N-dealkylation sites (tertiary alicyclic amines) is 1. The fourth-order valence-electron chi connectivity index (χ4n) is 2.65. The van der Waals surface area contributed by atoms with Gasteiger partial charge in [-0.25, -0.2) is 0 Å². The summed E-state index contributed by atoms with van der Waals surface area (Å²) in [5.41, 5.74) is 1.25. The number of carboxylic acids is 1. The van der Waals surface area contributed by atoms with Crippen LogP contribution in [-0.2, 0) is 11.3 Å². The van der Waals surface area contributed by atoms with Gasteiger partial charge in [0.1, 0.15) is 0 Å². The van der Waals surface area contributed by atoms with Crippen LogP contribution in [0.15, 0.2) is 30.3 Å². The molecule has 0 amide bonds. The quantitative estimate of drug-likeness (QED) is 0.789. The van der Waals surface area contributed by atoms with E-state index in [1.165, 1.54) is 31.5 Å². The Kier molecular flexibility index (Phi) is 6.02. The van der Waals surface area contributed by atoms with Crippen molar-refractivity contribution in [2.75, 3.05) is 32.7 Å². The van der Waals surface area contributed by atoms with E-state index in [0.717, 1.165) is 19.6 Å². The summed E-state index contributed by atoms with van der Waals surface area (Å²) in [6.07, 6.45) is 2.81. The van der Waals surface area contributed by atoms with Crippen molar-refractivity contribution in [1.29, 1.82) is 0 Å². The molecular formula is C16H24N2O2. The van der Waals surface area contributed by atoms with Gasteiger partial charge in [0.05, 0.1) is 6.42 Å². The van der Waals surface area contributed by atoms with Gasteiger partial charge in [-0.05, 0) is 31.5 Å². The van der Waals surface area contributed by atoms with Crippen molar-refractivity contribution in [1.82, 2.24) is 9.80 Å². The first kappa shape index (κ1) is 15.0. The molecule has 1 aliphatic rings. The zero-order chi connectivity index (χ0) is 14.2. The van der Waals surface area contributed by atoms with Crippen molar-refractivity contribution in [3.05, 3.63) is 35.9 Å². The van der Waals surface area contributed by atoms with Gasteiger partial charge in [0, 0.05) is 26.2 Å². The second-order valence-corrected chi connectivity index (χ2v) is 5.45. The van der Waals surface area contributed by atoms with Gasteiger partial charge >= 0.3 is 5.97 Å². The van der Waals surface area contributed by atoms with Crippen molar-refractivity contribution in [2.24, 2.45) is 0 Å². The number of hydrogen-bond acceptors (Lipinski definition) is 3. The maximum atomic E-state index is 10.8. The van der Waals surface area contributed by atoms with Crippen LogP contribution in [0.25, 0.3) is 0 Å². The Balaban J connectivity index is 1.84. The fraction of sp³-hybridized carbons (Fsp3) is 0.562. The van der Waals surface area contributed by atoms with Crippen LogP contribution >= 0.6 is 0 Å². The molecule has 0 bridgehead atoms. The van der Waals surface area contributed by atoms with Crippen molar-refractivity contribution in [2.45, 2.75) is 25.8 Å². The van der Waals surface area contributed by atoms with E-state index in [1.54, 1.807) is 0 Å². The summed E-state index contributed by atoms with van der Waals surface area (Å²) in [6, 6.07) is 10.3. The van der Waals surface area contributed by atoms with Gasteiger partial charge in [0.2, 0.25) is 0 Å². The maximum absolute atomic E-state index is 10.8. The first-order valence-corrected chi connectivity index (χ1v) is 7.44. The molecule has 1 fully saturated rings. The molecule has 0 aromatic heterocycles. The van der Waals surface area contributed by atoms with Gasteiger partial charge in [-0.2, -0.15) is 0 Å². The molecule has 1 aliphatic heterocycles. The summed E-state index contributed by atoms with van der Waals surface area (Å²) < 4.78 is 0. The lowest BCUT2D eigenvalue weighted by atomic mass is 10.2. The summed E-state index contributed by atoms with van der Waals surface area (Å²) in [7, 11) is 0. The van der Waals surface area contributed by atoms with Crippen LogP contribution in [0.1, 0.15) is 24.8 Å². The number of hydrogen-bond donors (Lipinski definition) is 1. The first-order valence-electron chi connectivity index (χ1n) is 7.44. The summed E-state index contributed by atoms with van der Waals surface area (Å²) in [4.78, 5) is 15.5. The average Bonchev–Trinajstić information content (AvgIpc) is 2.96. The monoisotopic (exact) mass is 276 g/mol. The van der Waals surface area contributed by atoms with Crippen LogP contribution in [-0.4, -0.2) is 53.6 Å². The number of carbonyl (C=O) groups is 1. The molecule has 20 heavy (non-hydrogen) atoms. The Bertz CT molecular complexity index is 402. The predicted molar refractivity (Wildman–Crippen MR) is 79.6 cm³/mol. The van der Waals surface area contributed by atoms with Gasteiger partial charge in [-0.15, -0.1) is 0 Å². The highest BCUT2D eigenvalue weighted by molar-refractivity contribution is 5.66. The standard InChI is InChI=1S/C16H24N2O2/c19-16(20)8-11-18(13-12-17-9-4-5-10-17)14-15-6-2-1-3-7-15/h1-3,6-7H,4-5,8-14H2,(H,19,20). The highest BCUT2D eigenvalue weighted by Crippen LogP contribution is 2.09. The van der Waals surface area contributed by atoms with Gasteiger partial charge in [0.25, 0.3) is 0 Å². The molecule has 0 radical (unpaired) electrons. The number of benzene rings is 1. The zero-order valence-electron chi connectivity index (χ0n) is 12.0. The Morgan fingerprint density at radius 1 is 1.15 bits per heavy atom. The molecule has 0 spiro atoms. The van der Waals surface area contributed by atoms with Crippen LogP contribution in [0, 0.1) is 0 Å². The molecule has 4 heteroatoms. The number of nitrogens with zero attached hydrogens (tertiary/aromatic N) is 2. The lowest BCUT2D eigenvalue weighted by molar-refractivity contribution is -0.137. The Morgan fingerprint density at radius 2 is 1.85 bits per heavy atom. The van der Waals surface area contributed by atoms with Gasteiger partial charge in [0.15, 0.2) is 0 Å². The average molecular weight is 276 g/mol. The van der Waals surface area contributed by atoms with Crippen molar-refractivity contribution < 1.29 is 9.90 Å². The maximum Gasteiger partial charge on any atom is 0.304 e. The Hall–Kier alpha value is -1.39. The number of rotatable bonds is 8. The van der Waals surface area contributed by atoms with Gasteiger partial charge in [-0.1, -0.05) is 30.3 Å². The van der Waals surface area contributed by atoms with E-state index >= 15 is 0 Å². The molecular weight excluding hydrogens is 252 g/mol. The van der Waals surface area contributed by atoms with E-state index in [1.807, 2.05) is 18.2 Å². The molecule has 4 nitrogen and oxygen atoms in total. The third-order valence-electron chi connectivity index (χ3n) is 3.82. The summed E-state index contributed by atoms with van der Waals surface area (Å²) in [5, 5.41) is 8.87. The molecule has 0 atom stereocenters. The Labute approximate surface area is 121 Å². The fourth-order valence-corrected chi connectivity index (χ4v) is 2.65. The lowest BCUT2D eigenvalue weighted by Gasteiger charge is -2.24. The molecule has 0 saturated carbocycles. The minimum absolute atomic E-state index is 0.215. The molecule has 1 aromatic carbocycles. The molecule has 1 aromatic rings. The van der Waals surface area contributed by atoms with E-state index < -0.39 is 5.97 Å². The first-order chi connectivity index (χ1) is 9.74. The van der Waals surface area contributed by atoms with E-state index in [-0.39, 0.29) is 6.42 Å². The third-order valence-corrected chi connectivity index (χ3v) is 3.82. The van der Waals surface area contributed by atoms with Crippen LogP contribution in [0.5, 0.6) is 0 Å². The smallest absolute Gasteiger partial charge is 0.304 e. The van der Waals surface area contributed by atoms with Gasteiger partial charge in [-0.3, -0.25) is 9.69 Å². The van der Waals surface area contributed by atoms with Crippen LogP contribution in [0.4, 0.5) is 0 Å². The third kappa shape index (κ3) is 5.31. The van der Waals surface area contributed by atoms with Crippen LogP contribution < -0.4 is 0 Å². The minimum atomic E-state index is -0.718. The normalized spacial score (nSPS) is 15.8. The van der Waals surface area contributed by atoms with Crippen molar-refractivity contribution in [3.63, 3.8) is 0 Å². The highest BCUT2D eigenvalue weighted by Gasteiger charge is 2.14. The van der Waals surface area contributed by atoms with E-state index in [0.29, 0.717) is 6.54 Å². The van der Waals surface area contributed by atoms with Crippen LogP contribution in [0.2, 0.25) is 0 Å². The topological polar surface area (TPSA) is 43.8 Å². The highest BCUT2D eigenvalue weighted by atomic mass is 16.4. The molecule has 1 heterocycles. The number of aliphatic carboxylic acids is 1. The second kappa shape index (κ2) is 8.02. The Morgan fingerprint density at radius 3 is 2.50 bits per heavy atom. The van der Waals surface area contributed by atoms with E-state index in [4.69, 9.17) is 5.11 Å². The molecule has 0 aliphatic carbocycles. The van der Waals surface area contributed by atoms with Crippen molar-refractivity contribution >= 4 is 5.97 Å². The van der Waals surface area contributed by atoms with Crippen LogP contribution in [0.3, 0.4) is 0 Å². The summed E-state index contributed by atoms with van der Waals surface area (Å²) in [6.45, 7) is 5.84. The SMILES string of the molecule is O=C(O)CCN(CCN1CCCC1)Cc1ccccc1. The van der Waals surface area contributed by atoms with Crippen molar-refractivity contribution in [3.8, 4) is 0 Å².